The van der Waals surface area contributed by atoms with Crippen molar-refractivity contribution < 1.29 is 54.3 Å². The van der Waals surface area contributed by atoms with E-state index in [0.29, 0.717) is 10.6 Å². The molecular weight excluding hydrogens is 735 g/mol. The van der Waals surface area contributed by atoms with Gasteiger partial charge in [0.2, 0.25) is 0 Å². The smallest absolute Gasteiger partial charge is 0.352 e. The standard InChI is InChI=1S/C28H23N9O11S3/c29-27-33-14(8-51-27)19(35-48-5-10-1-15(38)16(39)4-13(10)25(44)45)22(42)34-20-23(43)36-21(26(46)47)11(7-50-24(20)36)6-49-17-2-12(3-18(40)41)32-28-30-9-31-37(17)28/h1-2,4,8-9,20,24,38-39H,3,5-7H2,(H2,29,33)(H,34,42)(H,40,41)(H,44,45)(H,46,47)/b35-19-/t20-,24-/m1/s1. The fourth-order valence-electron chi connectivity index (χ4n) is 5.05. The number of carboxylic acids is 3. The number of amides is 2. The Morgan fingerprint density at radius 2 is 1.86 bits per heavy atom. The molecule has 1 fully saturated rings. The Hall–Kier alpha value is -5.94. The maximum atomic E-state index is 13.5. The van der Waals surface area contributed by atoms with Crippen molar-refractivity contribution in [1.82, 2.24) is 34.8 Å². The quantitative estimate of drug-likeness (QED) is 0.0242. The van der Waals surface area contributed by atoms with Gasteiger partial charge in [-0.05, 0) is 23.8 Å². The molecule has 51 heavy (non-hydrogen) atoms. The largest absolute Gasteiger partial charge is 0.504 e. The summed E-state index contributed by atoms with van der Waals surface area (Å²) >= 11 is 3.34. The number of hydrogen-bond acceptors (Lipinski definition) is 17. The first-order valence-corrected chi connectivity index (χ1v) is 17.2. The van der Waals surface area contributed by atoms with Crippen LogP contribution in [-0.2, 0) is 37.0 Å². The van der Waals surface area contributed by atoms with E-state index >= 15 is 0 Å². The number of phenols is 2. The van der Waals surface area contributed by atoms with Crippen LogP contribution < -0.4 is 11.1 Å². The van der Waals surface area contributed by atoms with E-state index in [0.717, 1.165) is 40.1 Å². The second kappa shape index (κ2) is 14.1. The van der Waals surface area contributed by atoms with E-state index in [1.54, 1.807) is 0 Å². The number of anilines is 1. The summed E-state index contributed by atoms with van der Waals surface area (Å²) in [6.07, 6.45) is 0.880. The minimum Gasteiger partial charge on any atom is -0.504 e. The van der Waals surface area contributed by atoms with Crippen molar-refractivity contribution >= 4 is 81.2 Å². The molecule has 2 aliphatic rings. The van der Waals surface area contributed by atoms with Crippen molar-refractivity contribution in [3.05, 3.63) is 63.7 Å². The number of nitrogens with zero attached hydrogens (tertiary/aromatic N) is 7. The molecule has 3 aromatic heterocycles. The van der Waals surface area contributed by atoms with E-state index in [9.17, 15) is 49.5 Å². The number of hydrogen-bond donors (Lipinski definition) is 7. The number of nitrogens with one attached hydrogen (secondary N) is 1. The second-order valence-corrected chi connectivity index (χ2v) is 13.6. The predicted octanol–water partition coefficient (Wildman–Crippen LogP) is 0.351. The van der Waals surface area contributed by atoms with Crippen LogP contribution in [0, 0.1) is 0 Å². The van der Waals surface area contributed by atoms with Crippen LogP contribution in [0.1, 0.15) is 27.3 Å². The lowest BCUT2D eigenvalue weighted by Crippen LogP contribution is -2.71. The van der Waals surface area contributed by atoms with Crippen molar-refractivity contribution in [3.8, 4) is 11.5 Å². The van der Waals surface area contributed by atoms with Crippen molar-refractivity contribution in [2.45, 2.75) is 29.5 Å². The molecule has 0 aliphatic carbocycles. The average molecular weight is 758 g/mol. The highest BCUT2D eigenvalue weighted by Crippen LogP contribution is 2.41. The minimum absolute atomic E-state index is 0.0310. The van der Waals surface area contributed by atoms with Crippen LogP contribution in [0.2, 0.25) is 0 Å². The average Bonchev–Trinajstić information content (AvgIpc) is 3.73. The van der Waals surface area contributed by atoms with Crippen LogP contribution in [0.25, 0.3) is 5.78 Å². The van der Waals surface area contributed by atoms with Gasteiger partial charge in [-0.2, -0.15) is 14.6 Å². The number of aromatic carboxylic acids is 1. The summed E-state index contributed by atoms with van der Waals surface area (Å²) in [7, 11) is 0. The Kier molecular flexibility index (Phi) is 9.67. The molecule has 6 rings (SSSR count). The van der Waals surface area contributed by atoms with Crippen molar-refractivity contribution in [2.75, 3.05) is 17.2 Å². The number of aromatic hydroxyl groups is 2. The number of carbonyl (C=O) groups excluding carboxylic acids is 2. The number of fused-ring (bicyclic) bond motifs is 2. The Morgan fingerprint density at radius 3 is 2.55 bits per heavy atom. The van der Waals surface area contributed by atoms with Crippen LogP contribution in [0.5, 0.6) is 11.5 Å². The fourth-order valence-corrected chi connectivity index (χ4v) is 8.11. The van der Waals surface area contributed by atoms with Gasteiger partial charge in [-0.3, -0.25) is 19.3 Å². The van der Waals surface area contributed by atoms with E-state index in [1.807, 2.05) is 0 Å². The van der Waals surface area contributed by atoms with Gasteiger partial charge >= 0.3 is 17.9 Å². The van der Waals surface area contributed by atoms with E-state index < -0.39 is 70.5 Å². The third-order valence-electron chi connectivity index (χ3n) is 7.32. The summed E-state index contributed by atoms with van der Waals surface area (Å²) in [5.74, 6) is -6.40. The molecule has 1 saturated heterocycles. The summed E-state index contributed by atoms with van der Waals surface area (Å²) < 4.78 is 1.38. The van der Waals surface area contributed by atoms with Crippen molar-refractivity contribution in [1.29, 1.82) is 0 Å². The fraction of sp³-hybridized carbons (Fsp3) is 0.214. The van der Waals surface area contributed by atoms with Crippen LogP contribution in [0.4, 0.5) is 5.13 Å². The lowest BCUT2D eigenvalue weighted by atomic mass is 10.0. The number of oxime groups is 1. The maximum Gasteiger partial charge on any atom is 0.352 e. The molecule has 4 aromatic rings. The zero-order valence-corrected chi connectivity index (χ0v) is 27.9. The molecule has 0 saturated carbocycles. The van der Waals surface area contributed by atoms with Gasteiger partial charge in [-0.15, -0.1) is 34.9 Å². The number of thiazole rings is 1. The number of nitrogens with two attached hydrogens (primary N) is 1. The van der Waals surface area contributed by atoms with Crippen molar-refractivity contribution in [3.63, 3.8) is 0 Å². The second-order valence-electron chi connectivity index (χ2n) is 10.6. The van der Waals surface area contributed by atoms with Crippen LogP contribution in [0.3, 0.4) is 0 Å². The molecule has 1 aromatic carbocycles. The van der Waals surface area contributed by atoms with Gasteiger partial charge in [-0.1, -0.05) is 5.16 Å². The van der Waals surface area contributed by atoms with E-state index in [1.165, 1.54) is 34.1 Å². The van der Waals surface area contributed by atoms with Crippen LogP contribution in [0.15, 0.2) is 51.4 Å². The number of carboxylic acid groups (broad SMARTS) is 3. The molecule has 8 N–H and O–H groups in total. The van der Waals surface area contributed by atoms with Gasteiger partial charge in [0.25, 0.3) is 17.6 Å². The molecule has 0 spiro atoms. The van der Waals surface area contributed by atoms with Crippen molar-refractivity contribution in [2.24, 2.45) is 5.16 Å². The van der Waals surface area contributed by atoms with Gasteiger partial charge in [0.05, 0.1) is 17.7 Å². The van der Waals surface area contributed by atoms with Crippen LogP contribution in [-0.4, -0.2) is 113 Å². The number of benzene rings is 1. The first kappa shape index (κ1) is 34.9. The third kappa shape index (κ3) is 7.06. The molecule has 0 bridgehead atoms. The molecule has 5 heterocycles. The maximum absolute atomic E-state index is 13.5. The molecule has 20 nitrogen and oxygen atoms in total. The Morgan fingerprint density at radius 1 is 1.10 bits per heavy atom. The Bertz CT molecular complexity index is 2180. The summed E-state index contributed by atoms with van der Waals surface area (Å²) in [5, 5.41) is 59.9. The van der Waals surface area contributed by atoms with Gasteiger partial charge < -0.3 is 41.4 Å². The van der Waals surface area contributed by atoms with Gasteiger partial charge in [0.1, 0.15) is 40.8 Å². The predicted molar refractivity (Wildman–Crippen MR) is 177 cm³/mol. The van der Waals surface area contributed by atoms with E-state index in [-0.39, 0.29) is 51.5 Å². The number of aliphatic carboxylic acids is 2. The lowest BCUT2D eigenvalue weighted by molar-refractivity contribution is -0.150. The summed E-state index contributed by atoms with van der Waals surface area (Å²) in [6, 6.07) is 2.12. The molecule has 2 amide bonds. The normalized spacial score (nSPS) is 17.2. The molecule has 2 atom stereocenters. The Balaban J connectivity index is 1.19. The molecule has 0 unspecified atom stereocenters. The third-order valence-corrected chi connectivity index (χ3v) is 10.4. The zero-order chi connectivity index (χ0) is 36.6. The first-order valence-electron chi connectivity index (χ1n) is 14.3. The SMILES string of the molecule is Nc1nc(/C(=N/OCc2cc(O)c(O)cc2C(=O)O)C(=O)N[C@@H]2C(=O)N3C(C(=O)O)=C(CSc4cc(CC(=O)O)nc5ncnn45)CS[C@H]23)cs1. The van der Waals surface area contributed by atoms with Gasteiger partial charge in [0, 0.05) is 22.4 Å². The lowest BCUT2D eigenvalue weighted by Gasteiger charge is -2.49. The summed E-state index contributed by atoms with van der Waals surface area (Å²) in [4.78, 5) is 80.7. The zero-order valence-electron chi connectivity index (χ0n) is 25.5. The number of carbonyl (C=O) groups is 5. The summed E-state index contributed by atoms with van der Waals surface area (Å²) in [6.45, 7) is -0.559. The molecule has 23 heteroatoms. The first-order chi connectivity index (χ1) is 24.3. The molecule has 0 radical (unpaired) electrons. The highest BCUT2D eigenvalue weighted by atomic mass is 32.2. The minimum atomic E-state index is -1.43. The molecule has 2 aliphatic heterocycles. The highest BCUT2D eigenvalue weighted by Gasteiger charge is 2.54. The number of nitrogen functional groups attached to an aromatic ring is 1. The number of thioether (sulfide) groups is 2. The van der Waals surface area contributed by atoms with Gasteiger partial charge in [0.15, 0.2) is 22.3 Å². The Labute approximate surface area is 296 Å². The van der Waals surface area contributed by atoms with E-state index in [2.05, 4.69) is 30.5 Å². The monoisotopic (exact) mass is 757 g/mol. The van der Waals surface area contributed by atoms with Crippen LogP contribution >= 0.6 is 34.9 Å². The number of β-lactam (4-membered cyclic amide) rings is 1. The van der Waals surface area contributed by atoms with E-state index in [4.69, 9.17) is 10.6 Å². The molecule has 264 valence electrons. The number of phenolic OH excluding ortho intramolecular Hbond substituents is 2. The number of rotatable bonds is 13. The number of aromatic nitrogens is 5. The highest BCUT2D eigenvalue weighted by molar-refractivity contribution is 8.01. The molecular formula is C28H23N9O11S3. The summed E-state index contributed by atoms with van der Waals surface area (Å²) in [5.41, 5.74) is 5.16. The van der Waals surface area contributed by atoms with Gasteiger partial charge in [-0.25, -0.2) is 19.6 Å². The topological polar surface area (TPSA) is 305 Å².